The molecule has 0 radical (unpaired) electrons. The molecule has 9 heteroatoms. The molecule has 1 N–H and O–H groups in total. The lowest BCUT2D eigenvalue weighted by Crippen LogP contribution is -2.35. The molecule has 0 fully saturated rings. The van der Waals surface area contributed by atoms with E-state index in [1.807, 2.05) is 0 Å². The van der Waals surface area contributed by atoms with E-state index in [2.05, 4.69) is 5.32 Å². The van der Waals surface area contributed by atoms with Crippen LogP contribution < -0.4 is 5.32 Å². The molecule has 2 aromatic carbocycles. The average molecular weight is 409 g/mol. The highest BCUT2D eigenvalue weighted by Crippen LogP contribution is 2.25. The van der Waals surface area contributed by atoms with Gasteiger partial charge in [0, 0.05) is 22.5 Å². The summed E-state index contributed by atoms with van der Waals surface area (Å²) in [4.78, 5) is 35.7. The number of carbonyl (C=O) groups is 2. The Hall–Kier alpha value is -2.58. The van der Waals surface area contributed by atoms with Gasteiger partial charge in [0.25, 0.3) is 11.6 Å². The maximum atomic E-state index is 12.3. The fourth-order valence-corrected chi connectivity index (χ4v) is 2.85. The van der Waals surface area contributed by atoms with Crippen molar-refractivity contribution in [1.29, 1.82) is 0 Å². The minimum absolute atomic E-state index is 0.169. The first-order chi connectivity index (χ1) is 12.8. The molecule has 7 nitrogen and oxygen atoms in total. The Morgan fingerprint density at radius 3 is 2.63 bits per heavy atom. The number of rotatable bonds is 7. The smallest absolute Gasteiger partial charge is 0.345 e. The van der Waals surface area contributed by atoms with E-state index in [1.165, 1.54) is 30.8 Å². The Morgan fingerprint density at radius 1 is 1.30 bits per heavy atom. The number of thioether (sulfide) groups is 1. The standard InChI is InChI=1S/C18H17ClN2O5S/c1-11(17(22)20-10-12-5-3-4-6-15(12)19)26-18(23)14-9-13(27-2)7-8-16(14)21(24)25/h3-9,11H,10H2,1-2H3,(H,20,22). The second kappa shape index (κ2) is 9.38. The second-order valence-electron chi connectivity index (χ2n) is 5.50. The molecule has 2 aromatic rings. The molecule has 0 bridgehead atoms. The number of nitrogens with zero attached hydrogens (tertiary/aromatic N) is 1. The third kappa shape index (κ3) is 5.45. The predicted octanol–water partition coefficient (Wildman–Crippen LogP) is 3.83. The summed E-state index contributed by atoms with van der Waals surface area (Å²) in [5, 5.41) is 14.3. The van der Waals surface area contributed by atoms with Crippen LogP contribution in [0, 0.1) is 10.1 Å². The van der Waals surface area contributed by atoms with Crippen molar-refractivity contribution in [1.82, 2.24) is 5.32 Å². The van der Waals surface area contributed by atoms with Gasteiger partial charge in [-0.1, -0.05) is 29.8 Å². The zero-order valence-corrected chi connectivity index (χ0v) is 16.2. The highest BCUT2D eigenvalue weighted by molar-refractivity contribution is 7.98. The molecule has 0 saturated carbocycles. The molecular weight excluding hydrogens is 392 g/mol. The largest absolute Gasteiger partial charge is 0.449 e. The summed E-state index contributed by atoms with van der Waals surface area (Å²) in [6.07, 6.45) is 0.652. The molecule has 0 saturated heterocycles. The molecule has 0 spiro atoms. The quantitative estimate of drug-likeness (QED) is 0.323. The molecule has 0 aliphatic heterocycles. The third-order valence-electron chi connectivity index (χ3n) is 3.68. The minimum Gasteiger partial charge on any atom is -0.449 e. The molecule has 142 valence electrons. The van der Waals surface area contributed by atoms with Crippen molar-refractivity contribution < 1.29 is 19.2 Å². The van der Waals surface area contributed by atoms with E-state index < -0.39 is 22.9 Å². The van der Waals surface area contributed by atoms with E-state index in [9.17, 15) is 19.7 Å². The zero-order valence-electron chi connectivity index (χ0n) is 14.6. The summed E-state index contributed by atoms with van der Waals surface area (Å²) in [6.45, 7) is 1.56. The number of nitro groups is 1. The van der Waals surface area contributed by atoms with Crippen LogP contribution in [0.5, 0.6) is 0 Å². The van der Waals surface area contributed by atoms with E-state index in [1.54, 1.807) is 36.6 Å². The Balaban J connectivity index is 2.05. The second-order valence-corrected chi connectivity index (χ2v) is 6.78. The van der Waals surface area contributed by atoms with Crippen LogP contribution in [0.25, 0.3) is 0 Å². The summed E-state index contributed by atoms with van der Waals surface area (Å²) < 4.78 is 5.11. The number of esters is 1. The lowest BCUT2D eigenvalue weighted by atomic mass is 10.2. The summed E-state index contributed by atoms with van der Waals surface area (Å²) in [5.74, 6) is -1.47. The number of nitrogens with one attached hydrogen (secondary N) is 1. The van der Waals surface area contributed by atoms with Gasteiger partial charge in [0.05, 0.1) is 4.92 Å². The van der Waals surface area contributed by atoms with Gasteiger partial charge < -0.3 is 10.1 Å². The maximum Gasteiger partial charge on any atom is 0.345 e. The summed E-state index contributed by atoms with van der Waals surface area (Å²) in [7, 11) is 0. The molecule has 0 aliphatic carbocycles. The van der Waals surface area contributed by atoms with Gasteiger partial charge in [0.2, 0.25) is 0 Å². The first-order valence-electron chi connectivity index (χ1n) is 7.88. The zero-order chi connectivity index (χ0) is 20.0. The van der Waals surface area contributed by atoms with Crippen LogP contribution in [0.3, 0.4) is 0 Å². The van der Waals surface area contributed by atoms with Crippen molar-refractivity contribution in [3.8, 4) is 0 Å². The number of hydrogen-bond donors (Lipinski definition) is 1. The molecule has 0 heterocycles. The summed E-state index contributed by atoms with van der Waals surface area (Å²) in [5.41, 5.74) is 0.147. The Morgan fingerprint density at radius 2 is 2.00 bits per heavy atom. The predicted molar refractivity (Wildman–Crippen MR) is 103 cm³/mol. The van der Waals surface area contributed by atoms with Crippen molar-refractivity contribution >= 4 is 40.9 Å². The van der Waals surface area contributed by atoms with Gasteiger partial charge in [-0.2, -0.15) is 0 Å². The number of nitro benzene ring substituents is 1. The van der Waals surface area contributed by atoms with Crippen molar-refractivity contribution in [2.24, 2.45) is 0 Å². The van der Waals surface area contributed by atoms with Gasteiger partial charge >= 0.3 is 5.97 Å². The average Bonchev–Trinajstić information content (AvgIpc) is 2.66. The van der Waals surface area contributed by atoms with E-state index in [0.717, 1.165) is 0 Å². The van der Waals surface area contributed by atoms with Gasteiger partial charge in [0.1, 0.15) is 5.56 Å². The van der Waals surface area contributed by atoms with Crippen LogP contribution in [0.1, 0.15) is 22.8 Å². The van der Waals surface area contributed by atoms with Gasteiger partial charge in [-0.3, -0.25) is 14.9 Å². The molecule has 1 amide bonds. The van der Waals surface area contributed by atoms with Gasteiger partial charge in [-0.25, -0.2) is 4.79 Å². The Bertz CT molecular complexity index is 875. The van der Waals surface area contributed by atoms with Gasteiger partial charge in [-0.05, 0) is 36.9 Å². The normalized spacial score (nSPS) is 11.5. The highest BCUT2D eigenvalue weighted by atomic mass is 35.5. The lowest BCUT2D eigenvalue weighted by molar-refractivity contribution is -0.385. The highest BCUT2D eigenvalue weighted by Gasteiger charge is 2.25. The third-order valence-corrected chi connectivity index (χ3v) is 4.78. The number of amides is 1. The topological polar surface area (TPSA) is 98.5 Å². The first kappa shape index (κ1) is 20.7. The van der Waals surface area contributed by atoms with E-state index in [4.69, 9.17) is 16.3 Å². The van der Waals surface area contributed by atoms with Gasteiger partial charge in [0.15, 0.2) is 6.10 Å². The number of carbonyl (C=O) groups excluding carboxylic acids is 2. The fraction of sp³-hybridized carbons (Fsp3) is 0.222. The van der Waals surface area contributed by atoms with Crippen molar-refractivity contribution in [2.45, 2.75) is 24.5 Å². The maximum absolute atomic E-state index is 12.3. The van der Waals surface area contributed by atoms with E-state index in [-0.39, 0.29) is 17.8 Å². The molecule has 1 atom stereocenters. The van der Waals surface area contributed by atoms with Crippen LogP contribution in [-0.2, 0) is 16.1 Å². The summed E-state index contributed by atoms with van der Waals surface area (Å²) >= 11 is 7.36. The molecule has 0 aliphatic rings. The SMILES string of the molecule is CSc1ccc([N+](=O)[O-])c(C(=O)OC(C)C(=O)NCc2ccccc2Cl)c1. The fourth-order valence-electron chi connectivity index (χ4n) is 2.21. The van der Waals surface area contributed by atoms with Crippen LogP contribution in [0.2, 0.25) is 5.02 Å². The van der Waals surface area contributed by atoms with E-state index in [0.29, 0.717) is 15.5 Å². The van der Waals surface area contributed by atoms with Crippen molar-refractivity contribution in [3.05, 3.63) is 68.7 Å². The Kier molecular flexibility index (Phi) is 7.20. The lowest BCUT2D eigenvalue weighted by Gasteiger charge is -2.14. The first-order valence-corrected chi connectivity index (χ1v) is 9.48. The van der Waals surface area contributed by atoms with Crippen molar-refractivity contribution in [2.75, 3.05) is 6.26 Å². The number of ether oxygens (including phenoxy) is 1. The Labute approximate surface area is 165 Å². The number of benzene rings is 2. The summed E-state index contributed by atoms with van der Waals surface area (Å²) in [6, 6.07) is 11.2. The number of hydrogen-bond acceptors (Lipinski definition) is 6. The number of halogens is 1. The van der Waals surface area contributed by atoms with Crippen molar-refractivity contribution in [3.63, 3.8) is 0 Å². The van der Waals surface area contributed by atoms with Crippen LogP contribution in [-0.4, -0.2) is 29.2 Å². The van der Waals surface area contributed by atoms with Crippen LogP contribution in [0.15, 0.2) is 47.4 Å². The van der Waals surface area contributed by atoms with Crippen LogP contribution in [0.4, 0.5) is 5.69 Å². The minimum atomic E-state index is -1.13. The van der Waals surface area contributed by atoms with Gasteiger partial charge in [-0.15, -0.1) is 11.8 Å². The molecule has 27 heavy (non-hydrogen) atoms. The molecular formula is C18H17ClN2O5S. The molecule has 2 rings (SSSR count). The monoisotopic (exact) mass is 408 g/mol. The molecule has 0 aromatic heterocycles. The van der Waals surface area contributed by atoms with E-state index >= 15 is 0 Å². The molecule has 1 unspecified atom stereocenters. The van der Waals surface area contributed by atoms with Crippen LogP contribution >= 0.6 is 23.4 Å².